The van der Waals surface area contributed by atoms with E-state index >= 15 is 0 Å². The Morgan fingerprint density at radius 1 is 1.24 bits per heavy atom. The normalized spacial score (nSPS) is 25.2. The molecule has 2 aliphatic heterocycles. The summed E-state index contributed by atoms with van der Waals surface area (Å²) >= 11 is 0. The molecule has 2 N–H and O–H groups in total. The van der Waals surface area contributed by atoms with E-state index in [2.05, 4.69) is 27.4 Å². The van der Waals surface area contributed by atoms with Gasteiger partial charge >= 0.3 is 0 Å². The van der Waals surface area contributed by atoms with E-state index in [9.17, 15) is 9.59 Å². The van der Waals surface area contributed by atoms with Crippen LogP contribution in [0.2, 0.25) is 0 Å². The first-order chi connectivity index (χ1) is 10.2. The fraction of sp³-hybridized carbons (Fsp3) is 0.867. The van der Waals surface area contributed by atoms with Crippen LogP contribution >= 0.6 is 0 Å². The quantitative estimate of drug-likeness (QED) is 0.737. The van der Waals surface area contributed by atoms with Crippen LogP contribution in [0.15, 0.2) is 0 Å². The van der Waals surface area contributed by atoms with Gasteiger partial charge in [0, 0.05) is 32.7 Å². The van der Waals surface area contributed by atoms with Gasteiger partial charge in [0.1, 0.15) is 6.04 Å². The minimum Gasteiger partial charge on any atom is -0.354 e. The number of nitrogens with zero attached hydrogens (tertiary/aromatic N) is 2. The summed E-state index contributed by atoms with van der Waals surface area (Å²) in [7, 11) is 0. The van der Waals surface area contributed by atoms with Crippen LogP contribution in [0, 0.1) is 0 Å². The molecule has 2 aliphatic rings. The molecule has 2 fully saturated rings. The molecule has 0 radical (unpaired) electrons. The molecule has 21 heavy (non-hydrogen) atoms. The number of piperazine rings is 1. The molecular weight excluding hydrogens is 268 g/mol. The first-order valence-electron chi connectivity index (χ1n) is 8.21. The maximum atomic E-state index is 12.1. The molecule has 2 heterocycles. The minimum absolute atomic E-state index is 0.0269. The summed E-state index contributed by atoms with van der Waals surface area (Å²) in [6.45, 7) is 8.40. The van der Waals surface area contributed by atoms with Crippen LogP contribution in [0.3, 0.4) is 0 Å². The zero-order valence-electron chi connectivity index (χ0n) is 13.1. The summed E-state index contributed by atoms with van der Waals surface area (Å²) in [6, 6.07) is -0.346. The Labute approximate surface area is 127 Å². The summed E-state index contributed by atoms with van der Waals surface area (Å²) in [5, 5.41) is 5.74. The summed E-state index contributed by atoms with van der Waals surface area (Å²) in [6.07, 6.45) is 3.91. The lowest BCUT2D eigenvalue weighted by Gasteiger charge is -2.34. The summed E-state index contributed by atoms with van der Waals surface area (Å²) in [5.74, 6) is -0.0605. The standard InChI is InChI=1S/C15H28N4O2/c1-2-7-18-8-10-19(11-9-18)12-14(20)17-13-5-3-4-6-16-15(13)21/h13H,2-12H2,1H3,(H,16,21)(H,17,20)/t13-/m0/s1. The molecule has 1 atom stereocenters. The molecule has 2 rings (SSSR count). The van der Waals surface area contributed by atoms with E-state index in [1.807, 2.05) is 0 Å². The predicted molar refractivity (Wildman–Crippen MR) is 82.0 cm³/mol. The Morgan fingerprint density at radius 2 is 1.95 bits per heavy atom. The molecular formula is C15H28N4O2. The Hall–Kier alpha value is -1.14. The van der Waals surface area contributed by atoms with Gasteiger partial charge in [0.2, 0.25) is 11.8 Å². The van der Waals surface area contributed by atoms with E-state index in [4.69, 9.17) is 0 Å². The van der Waals surface area contributed by atoms with Crippen molar-refractivity contribution in [2.75, 3.05) is 45.8 Å². The third-order valence-electron chi connectivity index (χ3n) is 4.24. The van der Waals surface area contributed by atoms with Crippen molar-refractivity contribution in [3.63, 3.8) is 0 Å². The highest BCUT2D eigenvalue weighted by Gasteiger charge is 2.24. The van der Waals surface area contributed by atoms with Gasteiger partial charge in [-0.1, -0.05) is 6.92 Å². The fourth-order valence-corrected chi connectivity index (χ4v) is 3.01. The van der Waals surface area contributed by atoms with Crippen LogP contribution in [0.4, 0.5) is 0 Å². The summed E-state index contributed by atoms with van der Waals surface area (Å²) in [5.41, 5.74) is 0. The molecule has 0 aliphatic carbocycles. The number of hydrogen-bond acceptors (Lipinski definition) is 4. The lowest BCUT2D eigenvalue weighted by Crippen LogP contribution is -2.52. The highest BCUT2D eigenvalue weighted by Crippen LogP contribution is 2.06. The molecule has 0 unspecified atom stereocenters. The van der Waals surface area contributed by atoms with E-state index in [1.54, 1.807) is 0 Å². The van der Waals surface area contributed by atoms with Gasteiger partial charge in [-0.25, -0.2) is 0 Å². The number of carbonyl (C=O) groups excluding carboxylic acids is 2. The molecule has 0 bridgehead atoms. The van der Waals surface area contributed by atoms with Crippen molar-refractivity contribution < 1.29 is 9.59 Å². The lowest BCUT2D eigenvalue weighted by atomic mass is 10.1. The molecule has 0 saturated carbocycles. The Balaban J connectivity index is 1.71. The number of nitrogens with one attached hydrogen (secondary N) is 2. The van der Waals surface area contributed by atoms with Crippen molar-refractivity contribution in [1.82, 2.24) is 20.4 Å². The zero-order chi connectivity index (χ0) is 15.1. The summed E-state index contributed by atoms with van der Waals surface area (Å²) in [4.78, 5) is 28.5. The second-order valence-corrected chi connectivity index (χ2v) is 6.02. The zero-order valence-corrected chi connectivity index (χ0v) is 13.1. The van der Waals surface area contributed by atoms with Gasteiger partial charge in [0.15, 0.2) is 0 Å². The number of hydrogen-bond donors (Lipinski definition) is 2. The Bertz CT molecular complexity index is 354. The molecule has 6 nitrogen and oxygen atoms in total. The van der Waals surface area contributed by atoms with Crippen molar-refractivity contribution >= 4 is 11.8 Å². The van der Waals surface area contributed by atoms with Crippen molar-refractivity contribution in [1.29, 1.82) is 0 Å². The average Bonchev–Trinajstić information content (AvgIpc) is 2.67. The predicted octanol–water partition coefficient (Wildman–Crippen LogP) is -0.201. The molecule has 0 aromatic rings. The first kappa shape index (κ1) is 16.2. The van der Waals surface area contributed by atoms with Gasteiger partial charge in [0.05, 0.1) is 6.54 Å². The lowest BCUT2D eigenvalue weighted by molar-refractivity contribution is -0.129. The van der Waals surface area contributed by atoms with E-state index in [0.29, 0.717) is 6.54 Å². The molecule has 0 spiro atoms. The van der Waals surface area contributed by atoms with Gasteiger partial charge in [-0.15, -0.1) is 0 Å². The number of carbonyl (C=O) groups is 2. The van der Waals surface area contributed by atoms with Gasteiger partial charge in [0.25, 0.3) is 0 Å². The molecule has 2 amide bonds. The molecule has 2 saturated heterocycles. The highest BCUT2D eigenvalue weighted by molar-refractivity contribution is 5.88. The number of rotatable bonds is 5. The monoisotopic (exact) mass is 296 g/mol. The van der Waals surface area contributed by atoms with Crippen LogP contribution < -0.4 is 10.6 Å². The van der Waals surface area contributed by atoms with E-state index in [0.717, 1.165) is 58.5 Å². The Kier molecular flexibility index (Phi) is 6.45. The van der Waals surface area contributed by atoms with Gasteiger partial charge in [-0.05, 0) is 32.2 Å². The van der Waals surface area contributed by atoms with Crippen molar-refractivity contribution in [2.45, 2.75) is 38.6 Å². The molecule has 0 aromatic heterocycles. The minimum atomic E-state index is -0.346. The van der Waals surface area contributed by atoms with Crippen LogP contribution in [-0.2, 0) is 9.59 Å². The molecule has 6 heteroatoms. The van der Waals surface area contributed by atoms with Crippen LogP contribution in [0.1, 0.15) is 32.6 Å². The van der Waals surface area contributed by atoms with Crippen molar-refractivity contribution in [3.8, 4) is 0 Å². The van der Waals surface area contributed by atoms with Crippen molar-refractivity contribution in [3.05, 3.63) is 0 Å². The van der Waals surface area contributed by atoms with Crippen molar-refractivity contribution in [2.24, 2.45) is 0 Å². The molecule has 0 aromatic carbocycles. The molecule has 120 valence electrons. The SMILES string of the molecule is CCCN1CCN(CC(=O)N[C@H]2CCCCNC2=O)CC1. The van der Waals surface area contributed by atoms with Crippen LogP contribution in [0.25, 0.3) is 0 Å². The summed E-state index contributed by atoms with van der Waals surface area (Å²) < 4.78 is 0. The van der Waals surface area contributed by atoms with Gasteiger partial charge < -0.3 is 15.5 Å². The van der Waals surface area contributed by atoms with Gasteiger partial charge in [-0.2, -0.15) is 0 Å². The maximum Gasteiger partial charge on any atom is 0.242 e. The van der Waals surface area contributed by atoms with E-state index < -0.39 is 0 Å². The van der Waals surface area contributed by atoms with E-state index in [1.165, 1.54) is 6.42 Å². The average molecular weight is 296 g/mol. The van der Waals surface area contributed by atoms with Crippen LogP contribution in [0.5, 0.6) is 0 Å². The second-order valence-electron chi connectivity index (χ2n) is 6.02. The Morgan fingerprint density at radius 3 is 2.67 bits per heavy atom. The van der Waals surface area contributed by atoms with Gasteiger partial charge in [-0.3, -0.25) is 14.5 Å². The highest BCUT2D eigenvalue weighted by atomic mass is 16.2. The number of amides is 2. The second kappa shape index (κ2) is 8.34. The third-order valence-corrected chi connectivity index (χ3v) is 4.24. The topological polar surface area (TPSA) is 64.7 Å². The smallest absolute Gasteiger partial charge is 0.242 e. The first-order valence-corrected chi connectivity index (χ1v) is 8.21. The van der Waals surface area contributed by atoms with E-state index in [-0.39, 0.29) is 17.9 Å². The largest absolute Gasteiger partial charge is 0.354 e. The maximum absolute atomic E-state index is 12.1. The van der Waals surface area contributed by atoms with Crippen LogP contribution in [-0.4, -0.2) is 73.5 Å². The fourth-order valence-electron chi connectivity index (χ4n) is 3.01. The third kappa shape index (κ3) is 5.28.